The Balaban J connectivity index is 2.35. The van der Waals surface area contributed by atoms with Gasteiger partial charge in [-0.15, -0.1) is 5.10 Å². The zero-order valence-electron chi connectivity index (χ0n) is 10.6. The number of nitrogens with two attached hydrogens (primary N) is 1. The first-order chi connectivity index (χ1) is 8.56. The van der Waals surface area contributed by atoms with Crippen molar-refractivity contribution in [3.8, 4) is 0 Å². The first-order valence-corrected chi connectivity index (χ1v) is 5.66. The van der Waals surface area contributed by atoms with E-state index in [0.29, 0.717) is 12.2 Å². The molecule has 0 atom stereocenters. The van der Waals surface area contributed by atoms with Crippen LogP contribution in [0.15, 0.2) is 6.20 Å². The fourth-order valence-corrected chi connectivity index (χ4v) is 1.20. The molecule has 0 saturated carbocycles. The van der Waals surface area contributed by atoms with Crippen molar-refractivity contribution in [2.75, 3.05) is 20.1 Å². The summed E-state index contributed by atoms with van der Waals surface area (Å²) >= 11 is 0. The van der Waals surface area contributed by atoms with Crippen molar-refractivity contribution in [1.82, 2.24) is 25.2 Å². The number of likely N-dealkylation sites (N-methyl/N-ethyl adjacent to an activating group) is 1. The highest BCUT2D eigenvalue weighted by Gasteiger charge is 2.09. The van der Waals surface area contributed by atoms with Crippen LogP contribution >= 0.6 is 0 Å². The second-order valence-electron chi connectivity index (χ2n) is 3.80. The quantitative estimate of drug-likeness (QED) is 0.631. The van der Waals surface area contributed by atoms with Gasteiger partial charge in [0.25, 0.3) is 0 Å². The lowest BCUT2D eigenvalue weighted by Crippen LogP contribution is -2.39. The van der Waals surface area contributed by atoms with Crippen molar-refractivity contribution < 1.29 is 9.59 Å². The molecule has 1 rings (SSSR count). The van der Waals surface area contributed by atoms with Gasteiger partial charge in [-0.1, -0.05) is 5.21 Å². The molecule has 1 aromatic rings. The Morgan fingerprint density at radius 2 is 2.28 bits per heavy atom. The van der Waals surface area contributed by atoms with Crippen LogP contribution in [-0.2, 0) is 22.7 Å². The van der Waals surface area contributed by atoms with Crippen LogP contribution in [0, 0.1) is 0 Å². The Morgan fingerprint density at radius 1 is 1.56 bits per heavy atom. The van der Waals surface area contributed by atoms with E-state index in [4.69, 9.17) is 5.73 Å². The van der Waals surface area contributed by atoms with E-state index >= 15 is 0 Å². The topological polar surface area (TPSA) is 106 Å². The number of rotatable bonds is 6. The third-order valence-electron chi connectivity index (χ3n) is 2.44. The first kappa shape index (κ1) is 14.1. The van der Waals surface area contributed by atoms with Gasteiger partial charge in [-0.3, -0.25) is 9.59 Å². The predicted molar refractivity (Wildman–Crippen MR) is 64.2 cm³/mol. The lowest BCUT2D eigenvalue weighted by Gasteiger charge is -2.14. The monoisotopic (exact) mass is 254 g/mol. The van der Waals surface area contributed by atoms with E-state index in [2.05, 4.69) is 15.6 Å². The highest BCUT2D eigenvalue weighted by Crippen LogP contribution is 1.90. The zero-order chi connectivity index (χ0) is 13.5. The number of hydrogen-bond acceptors (Lipinski definition) is 5. The number of hydrogen-bond donors (Lipinski definition) is 2. The first-order valence-electron chi connectivity index (χ1n) is 5.66. The van der Waals surface area contributed by atoms with E-state index in [-0.39, 0.29) is 31.4 Å². The van der Waals surface area contributed by atoms with Crippen molar-refractivity contribution >= 4 is 11.8 Å². The minimum atomic E-state index is -0.290. The molecule has 1 heterocycles. The molecule has 8 nitrogen and oxygen atoms in total. The minimum Gasteiger partial charge on any atom is -0.345 e. The molecule has 2 amide bonds. The highest BCUT2D eigenvalue weighted by molar-refractivity contribution is 5.84. The minimum absolute atomic E-state index is 0.0123. The molecule has 8 heteroatoms. The molecule has 1 aromatic heterocycles. The summed E-state index contributed by atoms with van der Waals surface area (Å²) in [5.41, 5.74) is 5.99. The van der Waals surface area contributed by atoms with Crippen LogP contribution in [0.4, 0.5) is 0 Å². The largest absolute Gasteiger partial charge is 0.345 e. The van der Waals surface area contributed by atoms with Gasteiger partial charge in [0.05, 0.1) is 18.4 Å². The third-order valence-corrected chi connectivity index (χ3v) is 2.44. The lowest BCUT2D eigenvalue weighted by atomic mass is 10.4. The Bertz CT molecular complexity index is 416. The summed E-state index contributed by atoms with van der Waals surface area (Å²) in [6, 6.07) is 0. The summed E-state index contributed by atoms with van der Waals surface area (Å²) in [7, 11) is 1.68. The molecule has 0 bridgehead atoms. The number of nitrogens with one attached hydrogen (secondary N) is 1. The molecule has 0 aliphatic heterocycles. The molecule has 0 unspecified atom stereocenters. The van der Waals surface area contributed by atoms with Gasteiger partial charge in [0.1, 0.15) is 6.54 Å². The molecule has 0 aliphatic carbocycles. The Labute approximate surface area is 105 Å². The van der Waals surface area contributed by atoms with Crippen LogP contribution in [0.3, 0.4) is 0 Å². The number of aromatic nitrogens is 3. The molecular formula is C10H18N6O2. The summed E-state index contributed by atoms with van der Waals surface area (Å²) in [5.74, 6) is -0.423. The van der Waals surface area contributed by atoms with E-state index in [1.54, 1.807) is 13.2 Å². The summed E-state index contributed by atoms with van der Waals surface area (Å²) in [5, 5.41) is 10.0. The summed E-state index contributed by atoms with van der Waals surface area (Å²) < 4.78 is 1.38. The fourth-order valence-electron chi connectivity index (χ4n) is 1.20. The smallest absolute Gasteiger partial charge is 0.242 e. The Hall–Kier alpha value is -1.96. The lowest BCUT2D eigenvalue weighted by molar-refractivity contribution is -0.131. The average molecular weight is 254 g/mol. The molecule has 0 fully saturated rings. The van der Waals surface area contributed by atoms with E-state index < -0.39 is 0 Å². The molecule has 0 radical (unpaired) electrons. The molecule has 0 saturated heterocycles. The van der Waals surface area contributed by atoms with Crippen LogP contribution in [0.5, 0.6) is 0 Å². The number of carbonyl (C=O) groups is 2. The van der Waals surface area contributed by atoms with E-state index in [0.717, 1.165) is 0 Å². The van der Waals surface area contributed by atoms with Gasteiger partial charge < -0.3 is 16.0 Å². The standard InChI is InChI=1S/C10H18N6O2/c1-3-15(2)10(18)5-12-9(17)7-16-6-8(4-11)13-14-16/h6H,3-5,7,11H2,1-2H3,(H,12,17). The Morgan fingerprint density at radius 3 is 2.83 bits per heavy atom. The van der Waals surface area contributed by atoms with Gasteiger partial charge >= 0.3 is 0 Å². The van der Waals surface area contributed by atoms with Crippen molar-refractivity contribution in [2.24, 2.45) is 5.73 Å². The maximum absolute atomic E-state index is 11.5. The van der Waals surface area contributed by atoms with Crippen LogP contribution in [-0.4, -0.2) is 51.8 Å². The molecule has 0 aliphatic rings. The van der Waals surface area contributed by atoms with Crippen molar-refractivity contribution in [3.63, 3.8) is 0 Å². The number of nitrogens with zero attached hydrogens (tertiary/aromatic N) is 4. The highest BCUT2D eigenvalue weighted by atomic mass is 16.2. The van der Waals surface area contributed by atoms with Gasteiger partial charge in [-0.2, -0.15) is 0 Å². The average Bonchev–Trinajstić information content (AvgIpc) is 2.82. The molecule has 18 heavy (non-hydrogen) atoms. The van der Waals surface area contributed by atoms with Gasteiger partial charge in [0.2, 0.25) is 11.8 Å². The normalized spacial score (nSPS) is 10.2. The number of carbonyl (C=O) groups excluding carboxylic acids is 2. The van der Waals surface area contributed by atoms with E-state index in [1.165, 1.54) is 9.58 Å². The van der Waals surface area contributed by atoms with Crippen LogP contribution < -0.4 is 11.1 Å². The van der Waals surface area contributed by atoms with Crippen molar-refractivity contribution in [1.29, 1.82) is 0 Å². The summed E-state index contributed by atoms with van der Waals surface area (Å²) in [6.45, 7) is 2.76. The second-order valence-corrected chi connectivity index (χ2v) is 3.80. The predicted octanol–water partition coefficient (Wildman–Crippen LogP) is -1.67. The van der Waals surface area contributed by atoms with E-state index in [1.807, 2.05) is 6.92 Å². The van der Waals surface area contributed by atoms with Gasteiger partial charge in [-0.05, 0) is 6.92 Å². The van der Waals surface area contributed by atoms with E-state index in [9.17, 15) is 9.59 Å². The second kappa shape index (κ2) is 6.70. The van der Waals surface area contributed by atoms with Gasteiger partial charge in [0.15, 0.2) is 0 Å². The van der Waals surface area contributed by atoms with Crippen LogP contribution in [0.25, 0.3) is 0 Å². The van der Waals surface area contributed by atoms with Crippen LogP contribution in [0.2, 0.25) is 0 Å². The van der Waals surface area contributed by atoms with Crippen molar-refractivity contribution in [3.05, 3.63) is 11.9 Å². The fraction of sp³-hybridized carbons (Fsp3) is 0.600. The van der Waals surface area contributed by atoms with Gasteiger partial charge in [0, 0.05) is 20.1 Å². The maximum atomic E-state index is 11.5. The third kappa shape index (κ3) is 4.13. The molecular weight excluding hydrogens is 236 g/mol. The summed E-state index contributed by atoms with van der Waals surface area (Å²) in [4.78, 5) is 24.5. The van der Waals surface area contributed by atoms with Crippen molar-refractivity contribution in [2.45, 2.75) is 20.0 Å². The Kier molecular flexibility index (Phi) is 5.25. The zero-order valence-corrected chi connectivity index (χ0v) is 10.6. The van der Waals surface area contributed by atoms with Crippen LogP contribution in [0.1, 0.15) is 12.6 Å². The number of amides is 2. The maximum Gasteiger partial charge on any atom is 0.242 e. The van der Waals surface area contributed by atoms with Gasteiger partial charge in [-0.25, -0.2) is 4.68 Å². The summed E-state index contributed by atoms with van der Waals surface area (Å²) in [6.07, 6.45) is 1.60. The molecule has 0 aromatic carbocycles. The molecule has 100 valence electrons. The molecule has 3 N–H and O–H groups in total. The SMILES string of the molecule is CCN(C)C(=O)CNC(=O)Cn1cc(CN)nn1. The molecule has 0 spiro atoms.